The molecule has 8 nitrogen and oxygen atoms in total. The van der Waals surface area contributed by atoms with Crippen LogP contribution in [0.15, 0.2) is 57.4 Å². The minimum absolute atomic E-state index is 0.0777. The van der Waals surface area contributed by atoms with E-state index in [2.05, 4.69) is 15.9 Å². The number of benzene rings is 2. The Labute approximate surface area is 205 Å². The van der Waals surface area contributed by atoms with Crippen LogP contribution in [0.3, 0.4) is 0 Å². The fourth-order valence-electron chi connectivity index (χ4n) is 3.28. The first-order chi connectivity index (χ1) is 16.3. The van der Waals surface area contributed by atoms with Crippen molar-refractivity contribution >= 4 is 33.5 Å². The zero-order valence-electron chi connectivity index (χ0n) is 19.2. The Bertz CT molecular complexity index is 1180. The van der Waals surface area contributed by atoms with Crippen LogP contribution in [-0.2, 0) is 9.47 Å². The minimum Gasteiger partial charge on any atom is -0.495 e. The number of carbonyl (C=O) groups excluding carboxylic acids is 1. The second-order valence-corrected chi connectivity index (χ2v) is 7.96. The van der Waals surface area contributed by atoms with E-state index in [0.717, 1.165) is 0 Å². The molecule has 3 aromatic rings. The first kappa shape index (κ1) is 25.2. The summed E-state index contributed by atoms with van der Waals surface area (Å²) in [5.74, 6) is 1.20. The molecule has 0 bridgehead atoms. The van der Waals surface area contributed by atoms with Crippen molar-refractivity contribution in [2.24, 2.45) is 0 Å². The number of ketones is 1. The van der Waals surface area contributed by atoms with Crippen molar-refractivity contribution in [1.82, 2.24) is 0 Å². The smallest absolute Gasteiger partial charge is 0.231 e. The number of nitrogens with one attached hydrogen (secondary N) is 2. The molecule has 0 amide bonds. The summed E-state index contributed by atoms with van der Waals surface area (Å²) in [6, 6.07) is 13.6. The van der Waals surface area contributed by atoms with E-state index in [1.54, 1.807) is 69.7 Å². The van der Waals surface area contributed by atoms with Gasteiger partial charge in [0.05, 0.1) is 14.2 Å². The molecule has 0 saturated heterocycles. The highest BCUT2D eigenvalue weighted by Gasteiger charge is 2.26. The Morgan fingerprint density at radius 2 is 1.65 bits per heavy atom. The number of methoxy groups -OCH3 is 2. The lowest BCUT2D eigenvalue weighted by Gasteiger charge is -2.16. The van der Waals surface area contributed by atoms with Crippen LogP contribution in [0.25, 0.3) is 11.3 Å². The third-order valence-electron chi connectivity index (χ3n) is 4.88. The number of Topliss-reactive ketones (excluding diaryl/α,β-unsaturated/α-hetero) is 1. The lowest BCUT2D eigenvalue weighted by atomic mass is 10.0. The lowest BCUT2D eigenvalue weighted by molar-refractivity contribution is 0.0428. The van der Waals surface area contributed by atoms with Gasteiger partial charge in [0.15, 0.2) is 11.7 Å². The molecule has 2 N–H and O–H groups in total. The summed E-state index contributed by atoms with van der Waals surface area (Å²) < 4.78 is 28.1. The van der Waals surface area contributed by atoms with Crippen LogP contribution in [0, 0.1) is 10.8 Å². The molecule has 1 aromatic heterocycles. The maximum atomic E-state index is 13.3. The number of hydrogen-bond donors (Lipinski definition) is 2. The van der Waals surface area contributed by atoms with E-state index >= 15 is 0 Å². The molecule has 0 aliphatic heterocycles. The predicted octanol–water partition coefficient (Wildman–Crippen LogP) is 6.03. The van der Waals surface area contributed by atoms with Gasteiger partial charge in [0.2, 0.25) is 11.7 Å². The standard InChI is InChI=1S/C25H25BrN2O6/c1-5-32-24(15-6-8-16(9-7-15)25(28)33-14(2)27)23(29)19-11-10-18(34-19)17-12-20(30-3)22(26)21(13-17)31-4/h6-13,24,27-28H,5H2,1-4H3. The Hall–Kier alpha value is -3.43. The van der Waals surface area contributed by atoms with Crippen LogP contribution in [0.4, 0.5) is 0 Å². The molecule has 0 aliphatic rings. The second kappa shape index (κ2) is 11.1. The molecule has 0 radical (unpaired) electrons. The van der Waals surface area contributed by atoms with Gasteiger partial charge in [-0.15, -0.1) is 0 Å². The van der Waals surface area contributed by atoms with Crippen molar-refractivity contribution in [2.75, 3.05) is 20.8 Å². The van der Waals surface area contributed by atoms with Crippen molar-refractivity contribution in [3.8, 4) is 22.8 Å². The predicted molar refractivity (Wildman–Crippen MR) is 131 cm³/mol. The van der Waals surface area contributed by atoms with Gasteiger partial charge < -0.3 is 23.4 Å². The van der Waals surface area contributed by atoms with Gasteiger partial charge in [0, 0.05) is 24.7 Å². The normalized spacial score (nSPS) is 11.6. The minimum atomic E-state index is -0.883. The molecule has 178 valence electrons. The zero-order valence-corrected chi connectivity index (χ0v) is 20.8. The average molecular weight is 529 g/mol. The Morgan fingerprint density at radius 3 is 2.18 bits per heavy atom. The van der Waals surface area contributed by atoms with E-state index in [9.17, 15) is 4.79 Å². The number of hydrogen-bond acceptors (Lipinski definition) is 8. The highest BCUT2D eigenvalue weighted by molar-refractivity contribution is 9.10. The van der Waals surface area contributed by atoms with Crippen molar-refractivity contribution in [2.45, 2.75) is 20.0 Å². The maximum absolute atomic E-state index is 13.3. The number of rotatable bonds is 9. The van der Waals surface area contributed by atoms with E-state index < -0.39 is 6.10 Å². The van der Waals surface area contributed by atoms with Crippen LogP contribution in [-0.4, -0.2) is 38.4 Å². The molecule has 9 heteroatoms. The third-order valence-corrected chi connectivity index (χ3v) is 5.66. The van der Waals surface area contributed by atoms with Gasteiger partial charge in [-0.05, 0) is 64.8 Å². The highest BCUT2D eigenvalue weighted by atomic mass is 79.9. The second-order valence-electron chi connectivity index (χ2n) is 7.17. The monoisotopic (exact) mass is 528 g/mol. The van der Waals surface area contributed by atoms with Crippen molar-refractivity contribution < 1.29 is 28.2 Å². The van der Waals surface area contributed by atoms with Crippen molar-refractivity contribution in [1.29, 1.82) is 10.8 Å². The van der Waals surface area contributed by atoms with E-state index in [1.165, 1.54) is 6.92 Å². The van der Waals surface area contributed by atoms with Crippen molar-refractivity contribution in [3.05, 3.63) is 69.9 Å². The molecule has 2 aromatic carbocycles. The quantitative estimate of drug-likeness (QED) is 0.199. The molecule has 1 unspecified atom stereocenters. The zero-order chi connectivity index (χ0) is 24.8. The molecule has 0 saturated carbocycles. The van der Waals surface area contributed by atoms with Crippen LogP contribution < -0.4 is 9.47 Å². The first-order valence-electron chi connectivity index (χ1n) is 10.4. The number of carbonyl (C=O) groups is 1. The van der Waals surface area contributed by atoms with E-state index in [0.29, 0.717) is 45.0 Å². The van der Waals surface area contributed by atoms with E-state index in [1.807, 2.05) is 0 Å². The number of halogens is 1. The number of ether oxygens (including phenoxy) is 4. The van der Waals surface area contributed by atoms with Crippen LogP contribution in [0.5, 0.6) is 11.5 Å². The summed E-state index contributed by atoms with van der Waals surface area (Å²) in [6.07, 6.45) is -0.883. The van der Waals surface area contributed by atoms with Crippen LogP contribution in [0.2, 0.25) is 0 Å². The molecular formula is C25H25BrN2O6. The van der Waals surface area contributed by atoms with Gasteiger partial charge in [-0.2, -0.15) is 0 Å². The third kappa shape index (κ3) is 5.55. The average Bonchev–Trinajstić information content (AvgIpc) is 3.32. The highest BCUT2D eigenvalue weighted by Crippen LogP contribution is 2.39. The van der Waals surface area contributed by atoms with E-state index in [4.69, 9.17) is 34.2 Å². The summed E-state index contributed by atoms with van der Waals surface area (Å²) >= 11 is 3.44. The molecule has 3 rings (SSSR count). The Balaban J connectivity index is 1.88. The summed E-state index contributed by atoms with van der Waals surface area (Å²) in [5, 5.41) is 15.3. The molecule has 1 heterocycles. The summed E-state index contributed by atoms with van der Waals surface area (Å²) in [7, 11) is 3.11. The van der Waals surface area contributed by atoms with Crippen molar-refractivity contribution in [3.63, 3.8) is 0 Å². The molecule has 0 fully saturated rings. The van der Waals surface area contributed by atoms with Crippen LogP contribution in [0.1, 0.15) is 41.6 Å². The van der Waals surface area contributed by atoms with E-state index in [-0.39, 0.29) is 23.3 Å². The van der Waals surface area contributed by atoms with Gasteiger partial charge in [-0.25, -0.2) is 0 Å². The molecule has 0 aliphatic carbocycles. The summed E-state index contributed by atoms with van der Waals surface area (Å²) in [4.78, 5) is 13.3. The Kier molecular flexibility index (Phi) is 8.25. The van der Waals surface area contributed by atoms with Crippen LogP contribution >= 0.6 is 15.9 Å². The van der Waals surface area contributed by atoms with Gasteiger partial charge in [0.1, 0.15) is 27.8 Å². The Morgan fingerprint density at radius 1 is 1.03 bits per heavy atom. The first-order valence-corrected chi connectivity index (χ1v) is 11.2. The molecule has 1 atom stereocenters. The van der Waals surface area contributed by atoms with Gasteiger partial charge >= 0.3 is 0 Å². The molecule has 34 heavy (non-hydrogen) atoms. The fraction of sp³-hybridized carbons (Fsp3) is 0.240. The SMILES string of the molecule is CCOC(C(=O)c1ccc(-c2cc(OC)c(Br)c(OC)c2)o1)c1ccc(C(=N)OC(C)=N)cc1. The molecular weight excluding hydrogens is 504 g/mol. The lowest BCUT2D eigenvalue weighted by Crippen LogP contribution is -2.16. The van der Waals surface area contributed by atoms with Gasteiger partial charge in [-0.1, -0.05) is 12.1 Å². The summed E-state index contributed by atoms with van der Waals surface area (Å²) in [6.45, 7) is 3.57. The number of furan rings is 1. The topological polar surface area (TPSA) is 115 Å². The summed E-state index contributed by atoms with van der Waals surface area (Å²) in [5.41, 5.74) is 1.78. The van der Waals surface area contributed by atoms with Gasteiger partial charge in [0.25, 0.3) is 0 Å². The maximum Gasteiger partial charge on any atom is 0.231 e. The molecule has 0 spiro atoms. The van der Waals surface area contributed by atoms with Gasteiger partial charge in [-0.3, -0.25) is 15.6 Å². The largest absolute Gasteiger partial charge is 0.495 e. The fourth-order valence-corrected chi connectivity index (χ4v) is 3.83.